The van der Waals surface area contributed by atoms with Crippen LogP contribution in [0.3, 0.4) is 0 Å². The van der Waals surface area contributed by atoms with Gasteiger partial charge >= 0.3 is 11.9 Å². The van der Waals surface area contributed by atoms with Gasteiger partial charge in [0.2, 0.25) is 0 Å². The molecule has 0 saturated heterocycles. The molecule has 0 saturated carbocycles. The van der Waals surface area contributed by atoms with Crippen molar-refractivity contribution in [2.24, 2.45) is 0 Å². The molecular formula is C19H36O5Si. The summed E-state index contributed by atoms with van der Waals surface area (Å²) in [5.74, 6) is -1.01. The van der Waals surface area contributed by atoms with E-state index in [1.54, 1.807) is 0 Å². The standard InChI is InChI=1S/C19H36O5Si/c1-10-11-12-16(24-25(8,9)19(4,5)6)13-17(23-15(3)20)14(2)18(21)22-7/h16-17H,2,10-13H2,1,3-9H3. The molecule has 6 heteroatoms. The molecule has 146 valence electrons. The lowest BCUT2D eigenvalue weighted by Gasteiger charge is -2.40. The Labute approximate surface area is 154 Å². The second kappa shape index (κ2) is 10.1. The summed E-state index contributed by atoms with van der Waals surface area (Å²) in [5, 5.41) is 0.0771. The fourth-order valence-corrected chi connectivity index (χ4v) is 3.61. The lowest BCUT2D eigenvalue weighted by atomic mass is 10.0. The van der Waals surface area contributed by atoms with Crippen molar-refractivity contribution in [3.8, 4) is 0 Å². The second-order valence-electron chi connectivity index (χ2n) is 7.99. The zero-order valence-corrected chi connectivity index (χ0v) is 18.2. The van der Waals surface area contributed by atoms with Crippen molar-refractivity contribution in [1.82, 2.24) is 0 Å². The van der Waals surface area contributed by atoms with E-state index < -0.39 is 26.4 Å². The van der Waals surface area contributed by atoms with Crippen molar-refractivity contribution in [1.29, 1.82) is 0 Å². The normalized spacial score (nSPS) is 14.6. The van der Waals surface area contributed by atoms with Gasteiger partial charge in [-0.3, -0.25) is 4.79 Å². The lowest BCUT2D eigenvalue weighted by molar-refractivity contribution is -0.148. The highest BCUT2D eigenvalue weighted by Crippen LogP contribution is 2.38. The maximum absolute atomic E-state index is 11.8. The van der Waals surface area contributed by atoms with Crippen LogP contribution < -0.4 is 0 Å². The predicted octanol–water partition coefficient (Wildman–Crippen LogP) is 4.62. The average Bonchev–Trinajstić information content (AvgIpc) is 2.48. The van der Waals surface area contributed by atoms with Gasteiger partial charge in [0.15, 0.2) is 8.32 Å². The van der Waals surface area contributed by atoms with Gasteiger partial charge in [-0.15, -0.1) is 0 Å². The van der Waals surface area contributed by atoms with Gasteiger partial charge in [-0.1, -0.05) is 47.1 Å². The molecule has 25 heavy (non-hydrogen) atoms. The largest absolute Gasteiger partial charge is 0.466 e. The molecule has 0 amide bonds. The van der Waals surface area contributed by atoms with Crippen LogP contribution in [0.5, 0.6) is 0 Å². The number of carbonyl (C=O) groups is 2. The minimum atomic E-state index is -1.98. The van der Waals surface area contributed by atoms with Crippen LogP contribution in [0.4, 0.5) is 0 Å². The Morgan fingerprint density at radius 1 is 1.20 bits per heavy atom. The van der Waals surface area contributed by atoms with Gasteiger partial charge in [0.1, 0.15) is 6.10 Å². The van der Waals surface area contributed by atoms with Crippen LogP contribution in [0.25, 0.3) is 0 Å². The quantitative estimate of drug-likeness (QED) is 0.318. The molecule has 0 heterocycles. The van der Waals surface area contributed by atoms with Crippen molar-refractivity contribution in [3.63, 3.8) is 0 Å². The Morgan fingerprint density at radius 2 is 1.76 bits per heavy atom. The van der Waals surface area contributed by atoms with Crippen LogP contribution in [0, 0.1) is 0 Å². The first-order valence-electron chi connectivity index (χ1n) is 8.97. The van der Waals surface area contributed by atoms with E-state index in [0.29, 0.717) is 6.42 Å². The number of ether oxygens (including phenoxy) is 2. The zero-order valence-electron chi connectivity index (χ0n) is 17.2. The van der Waals surface area contributed by atoms with Crippen LogP contribution in [0.1, 0.15) is 60.3 Å². The van der Waals surface area contributed by atoms with Gasteiger partial charge in [0.05, 0.1) is 12.7 Å². The number of esters is 2. The molecule has 0 aliphatic heterocycles. The fourth-order valence-electron chi connectivity index (χ4n) is 2.21. The molecule has 2 atom stereocenters. The third-order valence-corrected chi connectivity index (χ3v) is 9.30. The molecule has 0 aliphatic carbocycles. The molecule has 0 N–H and O–H groups in total. The van der Waals surface area contributed by atoms with Crippen molar-refractivity contribution < 1.29 is 23.5 Å². The Morgan fingerprint density at radius 3 is 2.16 bits per heavy atom. The molecule has 2 unspecified atom stereocenters. The van der Waals surface area contributed by atoms with Gasteiger partial charge in [-0.05, 0) is 24.6 Å². The Kier molecular flexibility index (Phi) is 9.65. The van der Waals surface area contributed by atoms with Gasteiger partial charge in [0.25, 0.3) is 0 Å². The van der Waals surface area contributed by atoms with Crippen molar-refractivity contribution in [2.75, 3.05) is 7.11 Å². The van der Waals surface area contributed by atoms with E-state index in [4.69, 9.17) is 13.9 Å². The van der Waals surface area contributed by atoms with Gasteiger partial charge in [-0.25, -0.2) is 4.79 Å². The molecule has 0 radical (unpaired) electrons. The first-order chi connectivity index (χ1) is 11.4. The second-order valence-corrected chi connectivity index (χ2v) is 12.7. The fraction of sp³-hybridized carbons (Fsp3) is 0.789. The predicted molar refractivity (Wildman–Crippen MR) is 103 cm³/mol. The van der Waals surface area contributed by atoms with Crippen LogP contribution in [-0.2, 0) is 23.5 Å². The van der Waals surface area contributed by atoms with E-state index in [1.807, 2.05) is 0 Å². The molecular weight excluding hydrogens is 336 g/mol. The molecule has 0 aromatic carbocycles. The van der Waals surface area contributed by atoms with Gasteiger partial charge in [0, 0.05) is 19.4 Å². The molecule has 0 bridgehead atoms. The first-order valence-corrected chi connectivity index (χ1v) is 11.9. The minimum absolute atomic E-state index is 0.0771. The highest BCUT2D eigenvalue weighted by molar-refractivity contribution is 6.74. The van der Waals surface area contributed by atoms with Gasteiger partial charge < -0.3 is 13.9 Å². The lowest BCUT2D eigenvalue weighted by Crippen LogP contribution is -2.45. The highest BCUT2D eigenvalue weighted by atomic mass is 28.4. The number of hydrogen-bond donors (Lipinski definition) is 0. The Hall–Kier alpha value is -1.14. The van der Waals surface area contributed by atoms with Crippen LogP contribution in [-0.4, -0.2) is 39.6 Å². The highest BCUT2D eigenvalue weighted by Gasteiger charge is 2.40. The molecule has 5 nitrogen and oxygen atoms in total. The smallest absolute Gasteiger partial charge is 0.336 e. The average molecular weight is 373 g/mol. The van der Waals surface area contributed by atoms with Crippen LogP contribution >= 0.6 is 0 Å². The topological polar surface area (TPSA) is 61.8 Å². The SMILES string of the molecule is C=C(C(=O)OC)C(CC(CCCC)O[Si](C)(C)C(C)(C)C)OC(C)=O. The summed E-state index contributed by atoms with van der Waals surface area (Å²) in [4.78, 5) is 23.3. The summed E-state index contributed by atoms with van der Waals surface area (Å²) in [7, 11) is -0.691. The number of hydrogen-bond acceptors (Lipinski definition) is 5. The Bertz CT molecular complexity index is 465. The summed E-state index contributed by atoms with van der Waals surface area (Å²) in [6.07, 6.45) is 2.52. The molecule has 0 aromatic rings. The number of unbranched alkanes of at least 4 members (excludes halogenated alkanes) is 1. The number of rotatable bonds is 10. The van der Waals surface area contributed by atoms with Crippen molar-refractivity contribution in [3.05, 3.63) is 12.2 Å². The Balaban J connectivity index is 5.36. The van der Waals surface area contributed by atoms with E-state index in [2.05, 4.69) is 47.4 Å². The molecule has 0 rings (SSSR count). The van der Waals surface area contributed by atoms with Gasteiger partial charge in [-0.2, -0.15) is 0 Å². The molecule has 0 aliphatic rings. The summed E-state index contributed by atoms with van der Waals surface area (Å²) >= 11 is 0. The summed E-state index contributed by atoms with van der Waals surface area (Å²) < 4.78 is 16.6. The van der Waals surface area contributed by atoms with E-state index in [9.17, 15) is 9.59 Å². The summed E-state index contributed by atoms with van der Waals surface area (Å²) in [5.41, 5.74) is 0.151. The molecule has 0 spiro atoms. The van der Waals surface area contributed by atoms with Crippen LogP contribution in [0.15, 0.2) is 12.2 Å². The maximum Gasteiger partial charge on any atom is 0.336 e. The zero-order chi connectivity index (χ0) is 19.8. The van der Waals surface area contributed by atoms with Crippen molar-refractivity contribution in [2.45, 2.75) is 90.6 Å². The maximum atomic E-state index is 11.8. The van der Waals surface area contributed by atoms with E-state index >= 15 is 0 Å². The number of carbonyl (C=O) groups excluding carboxylic acids is 2. The van der Waals surface area contributed by atoms with E-state index in [-0.39, 0.29) is 16.7 Å². The van der Waals surface area contributed by atoms with E-state index in [1.165, 1.54) is 14.0 Å². The third-order valence-electron chi connectivity index (χ3n) is 4.77. The monoisotopic (exact) mass is 372 g/mol. The summed E-state index contributed by atoms with van der Waals surface area (Å²) in [6.45, 7) is 18.2. The molecule has 0 aromatic heterocycles. The molecule has 0 fully saturated rings. The van der Waals surface area contributed by atoms with Crippen LogP contribution in [0.2, 0.25) is 18.1 Å². The first kappa shape index (κ1) is 23.9. The third kappa shape index (κ3) is 8.18. The minimum Gasteiger partial charge on any atom is -0.466 e. The van der Waals surface area contributed by atoms with Crippen molar-refractivity contribution >= 4 is 20.3 Å². The summed E-state index contributed by atoms with van der Waals surface area (Å²) in [6, 6.07) is 0. The van der Waals surface area contributed by atoms with E-state index in [0.717, 1.165) is 19.3 Å². The number of methoxy groups -OCH3 is 1.